The first kappa shape index (κ1) is 21.2. The first-order valence-electron chi connectivity index (χ1n) is 10.2. The van der Waals surface area contributed by atoms with E-state index in [-0.39, 0.29) is 23.9 Å². The minimum Gasteiger partial charge on any atom is -0.343 e. The molecule has 1 N–H and O–H groups in total. The van der Waals surface area contributed by atoms with Crippen molar-refractivity contribution < 1.29 is 9.59 Å². The molecule has 8 nitrogen and oxygen atoms in total. The van der Waals surface area contributed by atoms with Gasteiger partial charge in [0, 0.05) is 55.9 Å². The summed E-state index contributed by atoms with van der Waals surface area (Å²) < 4.78 is 1.54. The summed E-state index contributed by atoms with van der Waals surface area (Å²) in [5.41, 5.74) is 3.27. The Labute approximate surface area is 184 Å². The van der Waals surface area contributed by atoms with Gasteiger partial charge in [0.1, 0.15) is 0 Å². The molecular formula is C22H25N5O3S. The van der Waals surface area contributed by atoms with Crippen LogP contribution >= 0.6 is 11.3 Å². The van der Waals surface area contributed by atoms with Crippen LogP contribution < -0.4 is 10.9 Å². The van der Waals surface area contributed by atoms with Crippen molar-refractivity contribution in [3.05, 3.63) is 68.6 Å². The largest absolute Gasteiger partial charge is 0.343 e. The number of aryl methyl sites for hydroxylation is 2. The number of rotatable bonds is 5. The molecule has 2 aromatic heterocycles. The normalized spacial score (nSPS) is 14.7. The molecule has 162 valence electrons. The Hall–Kier alpha value is -3.04. The standard InChI is InChI=1S/C22H25N5O3S/c1-15-9-16(2)11-17(10-15)21(30)23-13-20(29)26-5-3-25(4-6-26)14-18-12-19(28)27-7-8-31-22(27)24-18/h7-12H,3-6,13-14H2,1-2H3,(H,23,30). The van der Waals surface area contributed by atoms with Gasteiger partial charge in [0.2, 0.25) is 5.91 Å². The van der Waals surface area contributed by atoms with E-state index in [1.807, 2.05) is 37.4 Å². The number of nitrogens with zero attached hydrogens (tertiary/aromatic N) is 4. The molecule has 3 heterocycles. The van der Waals surface area contributed by atoms with Gasteiger partial charge < -0.3 is 10.2 Å². The van der Waals surface area contributed by atoms with Gasteiger partial charge in [-0.15, -0.1) is 11.3 Å². The Morgan fingerprint density at radius 1 is 1.06 bits per heavy atom. The fourth-order valence-corrected chi connectivity index (χ4v) is 4.57. The SMILES string of the molecule is Cc1cc(C)cc(C(=O)NCC(=O)N2CCN(Cc3cc(=O)n4ccsc4n3)CC2)c1. The van der Waals surface area contributed by atoms with Crippen LogP contribution in [-0.4, -0.2) is 63.7 Å². The molecular weight excluding hydrogens is 414 g/mol. The molecule has 1 aliphatic heterocycles. The second kappa shape index (κ2) is 8.99. The predicted octanol–water partition coefficient (Wildman–Crippen LogP) is 1.45. The van der Waals surface area contributed by atoms with Crippen LogP contribution in [0.4, 0.5) is 0 Å². The zero-order valence-electron chi connectivity index (χ0n) is 17.6. The van der Waals surface area contributed by atoms with Crippen molar-refractivity contribution in [1.82, 2.24) is 24.5 Å². The fraction of sp³-hybridized carbons (Fsp3) is 0.364. The van der Waals surface area contributed by atoms with Crippen LogP contribution in [0.15, 0.2) is 40.6 Å². The van der Waals surface area contributed by atoms with E-state index in [1.54, 1.807) is 17.2 Å². The number of hydrogen-bond acceptors (Lipinski definition) is 6. The molecule has 4 rings (SSSR count). The van der Waals surface area contributed by atoms with Crippen LogP contribution in [0.2, 0.25) is 0 Å². The molecule has 1 saturated heterocycles. The monoisotopic (exact) mass is 439 g/mol. The number of fused-ring (bicyclic) bond motifs is 1. The Kier molecular flexibility index (Phi) is 6.15. The van der Waals surface area contributed by atoms with Gasteiger partial charge in [0.25, 0.3) is 11.5 Å². The van der Waals surface area contributed by atoms with Crippen molar-refractivity contribution in [2.75, 3.05) is 32.7 Å². The van der Waals surface area contributed by atoms with E-state index < -0.39 is 0 Å². The van der Waals surface area contributed by atoms with E-state index in [0.717, 1.165) is 16.8 Å². The summed E-state index contributed by atoms with van der Waals surface area (Å²) in [6.07, 6.45) is 1.72. The third-order valence-corrected chi connectivity index (χ3v) is 6.11. The molecule has 2 amide bonds. The summed E-state index contributed by atoms with van der Waals surface area (Å²) in [5, 5.41) is 4.58. The molecule has 31 heavy (non-hydrogen) atoms. The number of carbonyl (C=O) groups is 2. The number of aromatic nitrogens is 2. The number of nitrogens with one attached hydrogen (secondary N) is 1. The van der Waals surface area contributed by atoms with Crippen LogP contribution in [0.25, 0.3) is 4.96 Å². The third-order valence-electron chi connectivity index (χ3n) is 5.35. The number of carbonyl (C=O) groups excluding carboxylic acids is 2. The summed E-state index contributed by atoms with van der Waals surface area (Å²) in [5.74, 6) is -0.325. The van der Waals surface area contributed by atoms with E-state index in [1.165, 1.54) is 15.7 Å². The molecule has 1 aromatic carbocycles. The molecule has 0 saturated carbocycles. The Morgan fingerprint density at radius 2 is 1.77 bits per heavy atom. The number of piperazine rings is 1. The zero-order chi connectivity index (χ0) is 22.0. The summed E-state index contributed by atoms with van der Waals surface area (Å²) in [7, 11) is 0. The van der Waals surface area contributed by atoms with Crippen molar-refractivity contribution in [3.8, 4) is 0 Å². The number of thiazole rings is 1. The van der Waals surface area contributed by atoms with Gasteiger partial charge >= 0.3 is 0 Å². The first-order valence-corrected chi connectivity index (χ1v) is 11.1. The summed E-state index contributed by atoms with van der Waals surface area (Å²) in [4.78, 5) is 46.2. The van der Waals surface area contributed by atoms with E-state index in [9.17, 15) is 14.4 Å². The van der Waals surface area contributed by atoms with Crippen LogP contribution in [0, 0.1) is 13.8 Å². The molecule has 0 spiro atoms. The second-order valence-corrected chi connectivity index (χ2v) is 8.73. The third kappa shape index (κ3) is 5.00. The quantitative estimate of drug-likeness (QED) is 0.650. The Morgan fingerprint density at radius 3 is 2.48 bits per heavy atom. The number of benzene rings is 1. The van der Waals surface area contributed by atoms with Crippen molar-refractivity contribution >= 4 is 28.1 Å². The molecule has 1 aliphatic rings. The second-order valence-electron chi connectivity index (χ2n) is 7.86. The fourth-order valence-electron chi connectivity index (χ4n) is 3.83. The van der Waals surface area contributed by atoms with Crippen molar-refractivity contribution in [2.24, 2.45) is 0 Å². The number of amides is 2. The lowest BCUT2D eigenvalue weighted by Gasteiger charge is -2.34. The van der Waals surface area contributed by atoms with Crippen LogP contribution in [0.1, 0.15) is 27.2 Å². The molecule has 9 heteroatoms. The van der Waals surface area contributed by atoms with Gasteiger partial charge in [0.05, 0.1) is 12.2 Å². The first-order chi connectivity index (χ1) is 14.9. The van der Waals surface area contributed by atoms with Crippen LogP contribution in [0.5, 0.6) is 0 Å². The summed E-state index contributed by atoms with van der Waals surface area (Å²) in [6.45, 7) is 7.01. The van der Waals surface area contributed by atoms with Crippen LogP contribution in [-0.2, 0) is 11.3 Å². The number of hydrogen-bond donors (Lipinski definition) is 1. The molecule has 0 unspecified atom stereocenters. The minimum absolute atomic E-state index is 0.0147. The molecule has 0 bridgehead atoms. The lowest BCUT2D eigenvalue weighted by Crippen LogP contribution is -2.51. The molecule has 1 fully saturated rings. The molecule has 3 aromatic rings. The van der Waals surface area contributed by atoms with Crippen molar-refractivity contribution in [2.45, 2.75) is 20.4 Å². The van der Waals surface area contributed by atoms with E-state index >= 15 is 0 Å². The molecule has 0 radical (unpaired) electrons. The summed E-state index contributed by atoms with van der Waals surface area (Å²) >= 11 is 1.44. The minimum atomic E-state index is -0.236. The van der Waals surface area contributed by atoms with E-state index in [0.29, 0.717) is 43.2 Å². The smallest absolute Gasteiger partial charge is 0.258 e. The maximum Gasteiger partial charge on any atom is 0.258 e. The lowest BCUT2D eigenvalue weighted by atomic mass is 10.1. The van der Waals surface area contributed by atoms with Gasteiger partial charge in [-0.25, -0.2) is 4.98 Å². The molecule has 0 atom stereocenters. The average Bonchev–Trinajstić information content (AvgIpc) is 3.21. The Balaban J connectivity index is 1.27. The van der Waals surface area contributed by atoms with Gasteiger partial charge in [-0.1, -0.05) is 17.2 Å². The maximum absolute atomic E-state index is 12.5. The highest BCUT2D eigenvalue weighted by atomic mass is 32.1. The highest BCUT2D eigenvalue weighted by Gasteiger charge is 2.22. The van der Waals surface area contributed by atoms with E-state index in [4.69, 9.17) is 0 Å². The average molecular weight is 440 g/mol. The predicted molar refractivity (Wildman–Crippen MR) is 119 cm³/mol. The highest BCUT2D eigenvalue weighted by molar-refractivity contribution is 7.15. The lowest BCUT2D eigenvalue weighted by molar-refractivity contribution is -0.131. The zero-order valence-corrected chi connectivity index (χ0v) is 18.4. The summed E-state index contributed by atoms with van der Waals surface area (Å²) in [6, 6.07) is 7.21. The van der Waals surface area contributed by atoms with Crippen molar-refractivity contribution in [1.29, 1.82) is 0 Å². The van der Waals surface area contributed by atoms with Crippen LogP contribution in [0.3, 0.4) is 0 Å². The van der Waals surface area contributed by atoms with Gasteiger partial charge in [0.15, 0.2) is 4.96 Å². The van der Waals surface area contributed by atoms with Gasteiger partial charge in [-0.3, -0.25) is 23.7 Å². The van der Waals surface area contributed by atoms with E-state index in [2.05, 4.69) is 15.2 Å². The maximum atomic E-state index is 12.5. The van der Waals surface area contributed by atoms with Gasteiger partial charge in [-0.05, 0) is 26.0 Å². The highest BCUT2D eigenvalue weighted by Crippen LogP contribution is 2.11. The molecule has 0 aliphatic carbocycles. The van der Waals surface area contributed by atoms with Crippen molar-refractivity contribution in [3.63, 3.8) is 0 Å². The topological polar surface area (TPSA) is 87.0 Å². The Bertz CT molecular complexity index is 1160. The van der Waals surface area contributed by atoms with Gasteiger partial charge in [-0.2, -0.15) is 0 Å².